The zero-order valence-corrected chi connectivity index (χ0v) is 17.1. The molecule has 5 nitrogen and oxygen atoms in total. The Labute approximate surface area is 155 Å². The maximum atomic E-state index is 5.50. The highest BCUT2D eigenvalue weighted by Gasteiger charge is 2.17. The lowest BCUT2D eigenvalue weighted by Crippen LogP contribution is -2.42. The third kappa shape index (κ3) is 8.28. The van der Waals surface area contributed by atoms with Gasteiger partial charge in [0.25, 0.3) is 0 Å². The molecule has 128 valence electrons. The molecule has 7 heteroatoms. The Morgan fingerprint density at radius 3 is 2.68 bits per heavy atom. The van der Waals surface area contributed by atoms with Crippen molar-refractivity contribution in [2.75, 3.05) is 46.2 Å². The summed E-state index contributed by atoms with van der Waals surface area (Å²) in [5, 5.41) is 6.71. The molecular formula is C15H29IN4OS. The summed E-state index contributed by atoms with van der Waals surface area (Å²) in [6, 6.07) is 4.12. The van der Waals surface area contributed by atoms with Crippen LogP contribution in [0.15, 0.2) is 27.8 Å². The lowest BCUT2D eigenvalue weighted by atomic mass is 10.2. The van der Waals surface area contributed by atoms with Gasteiger partial charge in [0.15, 0.2) is 5.96 Å². The van der Waals surface area contributed by atoms with Crippen molar-refractivity contribution in [1.82, 2.24) is 15.5 Å². The minimum atomic E-state index is 0. The predicted octanol–water partition coefficient (Wildman–Crippen LogP) is 2.81. The van der Waals surface area contributed by atoms with Gasteiger partial charge in [0.2, 0.25) is 0 Å². The Kier molecular flexibility index (Phi) is 12.8. The number of furan rings is 1. The third-order valence-corrected chi connectivity index (χ3v) is 3.95. The molecule has 0 fully saturated rings. The van der Waals surface area contributed by atoms with E-state index in [4.69, 9.17) is 4.42 Å². The minimum absolute atomic E-state index is 0. The van der Waals surface area contributed by atoms with Crippen LogP contribution in [-0.2, 0) is 0 Å². The fourth-order valence-corrected chi connectivity index (χ4v) is 2.50. The number of thioether (sulfide) groups is 1. The van der Waals surface area contributed by atoms with Crippen LogP contribution in [0, 0.1) is 0 Å². The van der Waals surface area contributed by atoms with Crippen molar-refractivity contribution >= 4 is 41.7 Å². The first-order chi connectivity index (χ1) is 10.2. The number of rotatable bonds is 9. The molecule has 1 unspecified atom stereocenters. The van der Waals surface area contributed by atoms with E-state index in [1.807, 2.05) is 38.0 Å². The van der Waals surface area contributed by atoms with Gasteiger partial charge in [-0.15, -0.1) is 24.0 Å². The standard InChI is InChI=1S/C15H28N4OS.HI/c1-16-15(17-9-5-6-11-21-4)18-12-13(19(2)3)14-8-7-10-20-14;/h7-8,10,13H,5-6,9,11-12H2,1-4H3,(H2,16,17,18);1H. The van der Waals surface area contributed by atoms with Gasteiger partial charge in [-0.05, 0) is 51.1 Å². The van der Waals surface area contributed by atoms with Crippen LogP contribution in [-0.4, -0.2) is 57.1 Å². The maximum Gasteiger partial charge on any atom is 0.191 e. The molecule has 0 spiro atoms. The second-order valence-corrected chi connectivity index (χ2v) is 6.06. The number of hydrogen-bond donors (Lipinski definition) is 2. The molecule has 1 aromatic rings. The average Bonchev–Trinajstić information content (AvgIpc) is 2.98. The Hall–Kier alpha value is -0.410. The molecule has 0 aromatic carbocycles. The quantitative estimate of drug-likeness (QED) is 0.268. The largest absolute Gasteiger partial charge is 0.468 e. The van der Waals surface area contributed by atoms with Crippen molar-refractivity contribution in [2.45, 2.75) is 18.9 Å². The SMILES string of the molecule is CN=C(NCCCCSC)NCC(c1ccco1)N(C)C.I. The molecule has 0 radical (unpaired) electrons. The fourth-order valence-electron chi connectivity index (χ4n) is 2.01. The zero-order chi connectivity index (χ0) is 15.5. The van der Waals surface area contributed by atoms with Crippen LogP contribution < -0.4 is 10.6 Å². The summed E-state index contributed by atoms with van der Waals surface area (Å²) in [5.41, 5.74) is 0. The molecule has 1 rings (SSSR count). The number of aliphatic imine (C=N–C) groups is 1. The molecule has 22 heavy (non-hydrogen) atoms. The van der Waals surface area contributed by atoms with Gasteiger partial charge in [-0.3, -0.25) is 9.89 Å². The van der Waals surface area contributed by atoms with E-state index in [0.29, 0.717) is 0 Å². The van der Waals surface area contributed by atoms with Gasteiger partial charge >= 0.3 is 0 Å². The number of guanidine groups is 1. The van der Waals surface area contributed by atoms with Crippen LogP contribution in [0.3, 0.4) is 0 Å². The maximum absolute atomic E-state index is 5.50. The minimum Gasteiger partial charge on any atom is -0.468 e. The number of hydrogen-bond acceptors (Lipinski definition) is 4. The number of likely N-dealkylation sites (N-methyl/N-ethyl adjacent to an activating group) is 1. The zero-order valence-electron chi connectivity index (χ0n) is 14.0. The summed E-state index contributed by atoms with van der Waals surface area (Å²) in [4.78, 5) is 6.40. The molecule has 0 saturated heterocycles. The van der Waals surface area contributed by atoms with Gasteiger partial charge in [-0.2, -0.15) is 11.8 Å². The Morgan fingerprint density at radius 1 is 1.36 bits per heavy atom. The molecule has 1 heterocycles. The first-order valence-electron chi connectivity index (χ1n) is 7.32. The molecule has 0 aliphatic carbocycles. The van der Waals surface area contributed by atoms with E-state index in [-0.39, 0.29) is 30.0 Å². The first kappa shape index (κ1) is 21.6. The summed E-state index contributed by atoms with van der Waals surface area (Å²) < 4.78 is 5.50. The fraction of sp³-hybridized carbons (Fsp3) is 0.667. The highest BCUT2D eigenvalue weighted by Crippen LogP contribution is 2.17. The summed E-state index contributed by atoms with van der Waals surface area (Å²) in [6.45, 7) is 1.71. The van der Waals surface area contributed by atoms with Gasteiger partial charge in [-0.25, -0.2) is 0 Å². The van der Waals surface area contributed by atoms with Crippen LogP contribution in [0.5, 0.6) is 0 Å². The van der Waals surface area contributed by atoms with Gasteiger partial charge in [0.1, 0.15) is 5.76 Å². The number of nitrogens with zero attached hydrogens (tertiary/aromatic N) is 2. The molecule has 2 N–H and O–H groups in total. The van der Waals surface area contributed by atoms with Gasteiger partial charge in [0, 0.05) is 20.1 Å². The summed E-state index contributed by atoms with van der Waals surface area (Å²) >= 11 is 1.89. The Balaban J connectivity index is 0.00000441. The summed E-state index contributed by atoms with van der Waals surface area (Å²) in [6.07, 6.45) is 6.25. The average molecular weight is 440 g/mol. The highest BCUT2D eigenvalue weighted by molar-refractivity contribution is 14.0. The molecule has 0 aliphatic rings. The number of halogens is 1. The normalized spacial score (nSPS) is 12.9. The van der Waals surface area contributed by atoms with E-state index in [1.54, 1.807) is 13.3 Å². The van der Waals surface area contributed by atoms with Crippen LogP contribution in [0.1, 0.15) is 24.6 Å². The summed E-state index contributed by atoms with van der Waals surface area (Å²) in [5.74, 6) is 3.02. The summed E-state index contributed by atoms with van der Waals surface area (Å²) in [7, 11) is 5.90. The number of nitrogens with one attached hydrogen (secondary N) is 2. The molecule has 0 aliphatic heterocycles. The van der Waals surface area contributed by atoms with Crippen molar-refractivity contribution in [1.29, 1.82) is 0 Å². The van der Waals surface area contributed by atoms with Crippen molar-refractivity contribution in [3.63, 3.8) is 0 Å². The van der Waals surface area contributed by atoms with E-state index < -0.39 is 0 Å². The van der Waals surface area contributed by atoms with Crippen molar-refractivity contribution in [3.8, 4) is 0 Å². The van der Waals surface area contributed by atoms with E-state index in [2.05, 4.69) is 26.8 Å². The van der Waals surface area contributed by atoms with Gasteiger partial charge in [-0.1, -0.05) is 0 Å². The lowest BCUT2D eigenvalue weighted by Gasteiger charge is -2.23. The molecule has 1 aromatic heterocycles. The highest BCUT2D eigenvalue weighted by atomic mass is 127. The Morgan fingerprint density at radius 2 is 2.14 bits per heavy atom. The van der Waals surface area contributed by atoms with E-state index in [1.165, 1.54) is 12.2 Å². The second kappa shape index (κ2) is 13.1. The van der Waals surface area contributed by atoms with Crippen molar-refractivity contribution in [2.24, 2.45) is 4.99 Å². The molecular weight excluding hydrogens is 411 g/mol. The molecule has 0 amide bonds. The third-order valence-electron chi connectivity index (χ3n) is 3.25. The van der Waals surface area contributed by atoms with Gasteiger partial charge in [0.05, 0.1) is 12.3 Å². The lowest BCUT2D eigenvalue weighted by molar-refractivity contribution is 0.258. The smallest absolute Gasteiger partial charge is 0.191 e. The molecule has 0 bridgehead atoms. The van der Waals surface area contributed by atoms with Gasteiger partial charge < -0.3 is 15.1 Å². The van der Waals surface area contributed by atoms with Crippen LogP contribution in [0.4, 0.5) is 0 Å². The van der Waals surface area contributed by atoms with Crippen molar-refractivity contribution < 1.29 is 4.42 Å². The van der Waals surface area contributed by atoms with Crippen LogP contribution >= 0.6 is 35.7 Å². The topological polar surface area (TPSA) is 52.8 Å². The van der Waals surface area contributed by atoms with Crippen LogP contribution in [0.2, 0.25) is 0 Å². The second-order valence-electron chi connectivity index (χ2n) is 5.07. The van der Waals surface area contributed by atoms with E-state index in [9.17, 15) is 0 Å². The van der Waals surface area contributed by atoms with Crippen molar-refractivity contribution in [3.05, 3.63) is 24.2 Å². The van der Waals surface area contributed by atoms with E-state index in [0.717, 1.165) is 31.2 Å². The number of unbranched alkanes of at least 4 members (excludes halogenated alkanes) is 1. The van der Waals surface area contributed by atoms with E-state index >= 15 is 0 Å². The van der Waals surface area contributed by atoms with Crippen LogP contribution in [0.25, 0.3) is 0 Å². The predicted molar refractivity (Wildman–Crippen MR) is 108 cm³/mol. The first-order valence-corrected chi connectivity index (χ1v) is 8.71. The monoisotopic (exact) mass is 440 g/mol. The Bertz CT molecular complexity index is 398. The molecule has 0 saturated carbocycles. The molecule has 1 atom stereocenters.